The Bertz CT molecular complexity index is 335. The van der Waals surface area contributed by atoms with Gasteiger partial charge in [-0.1, -0.05) is 0 Å². The lowest BCUT2D eigenvalue weighted by atomic mass is 9.80. The van der Waals surface area contributed by atoms with Crippen LogP contribution in [0, 0.1) is 0 Å². The Morgan fingerprint density at radius 1 is 1.16 bits per heavy atom. The molecule has 0 aromatic carbocycles. The molecule has 1 heterocycles. The summed E-state index contributed by atoms with van der Waals surface area (Å²) in [5.74, 6) is 0.0874. The quantitative estimate of drug-likeness (QED) is 0.725. The third kappa shape index (κ3) is 6.05. The second-order valence-electron chi connectivity index (χ2n) is 6.85. The molecule has 0 unspecified atom stereocenters. The third-order valence-corrected chi connectivity index (χ3v) is 3.29. The summed E-state index contributed by atoms with van der Waals surface area (Å²) in [6.45, 7) is 10.5. The fourth-order valence-corrected chi connectivity index (χ4v) is 3.01. The molecule has 0 atom stereocenters. The molecule has 0 spiro atoms. The summed E-state index contributed by atoms with van der Waals surface area (Å²) < 4.78 is 0. The van der Waals surface area contributed by atoms with Gasteiger partial charge in [0.15, 0.2) is 0 Å². The van der Waals surface area contributed by atoms with Crippen LogP contribution in [0.1, 0.15) is 53.9 Å². The van der Waals surface area contributed by atoms with E-state index in [1.54, 1.807) is 0 Å². The molecule has 19 heavy (non-hydrogen) atoms. The first-order chi connectivity index (χ1) is 8.60. The van der Waals surface area contributed by atoms with E-state index in [0.29, 0.717) is 13.0 Å². The van der Waals surface area contributed by atoms with Crippen LogP contribution >= 0.6 is 0 Å². The highest BCUT2D eigenvalue weighted by atomic mass is 16.2. The molecule has 1 rings (SSSR count). The molecule has 2 amide bonds. The van der Waals surface area contributed by atoms with E-state index in [-0.39, 0.29) is 28.9 Å². The van der Waals surface area contributed by atoms with Crippen LogP contribution in [-0.4, -0.2) is 35.5 Å². The zero-order valence-electron chi connectivity index (χ0n) is 12.7. The number of carbonyl (C=O) groups excluding carboxylic acids is 2. The van der Waals surface area contributed by atoms with Crippen molar-refractivity contribution in [3.05, 3.63) is 0 Å². The van der Waals surface area contributed by atoms with E-state index in [9.17, 15) is 9.59 Å². The van der Waals surface area contributed by atoms with Gasteiger partial charge < -0.3 is 16.0 Å². The van der Waals surface area contributed by atoms with Gasteiger partial charge in [-0.25, -0.2) is 4.79 Å². The number of hydrogen-bond acceptors (Lipinski definition) is 3. The predicted octanol–water partition coefficient (Wildman–Crippen LogP) is 1.57. The summed E-state index contributed by atoms with van der Waals surface area (Å²) in [7, 11) is 0. The third-order valence-electron chi connectivity index (χ3n) is 3.29. The molecule has 110 valence electrons. The maximum atomic E-state index is 11.8. The zero-order chi connectivity index (χ0) is 14.7. The topological polar surface area (TPSA) is 70.2 Å². The highest BCUT2D eigenvalue weighted by Gasteiger charge is 2.38. The predicted molar refractivity (Wildman–Crippen MR) is 76.1 cm³/mol. The molecule has 0 bridgehead atoms. The van der Waals surface area contributed by atoms with E-state index < -0.39 is 0 Å². The van der Waals surface area contributed by atoms with Crippen LogP contribution in [0.3, 0.4) is 0 Å². The van der Waals surface area contributed by atoms with Crippen molar-refractivity contribution in [3.63, 3.8) is 0 Å². The second-order valence-corrected chi connectivity index (χ2v) is 6.85. The van der Waals surface area contributed by atoms with Gasteiger partial charge in [0.25, 0.3) is 0 Å². The van der Waals surface area contributed by atoms with Gasteiger partial charge in [0, 0.05) is 30.1 Å². The number of urea groups is 1. The first kappa shape index (κ1) is 16.0. The lowest BCUT2D eigenvalue weighted by molar-refractivity contribution is -0.116. The van der Waals surface area contributed by atoms with Gasteiger partial charge in [-0.15, -0.1) is 0 Å². The molecular formula is C14H27N3O2. The Labute approximate surface area is 115 Å². The molecule has 1 aliphatic heterocycles. The minimum absolute atomic E-state index is 0.0130. The number of amides is 2. The SMILES string of the molecule is CC(=O)CCNC(=O)NC1CC(C)(C)NC(C)(C)C1. The summed E-state index contributed by atoms with van der Waals surface area (Å²) >= 11 is 0. The molecule has 1 aliphatic rings. The summed E-state index contributed by atoms with van der Waals surface area (Å²) in [6, 6.07) is -0.0247. The number of hydrogen-bond donors (Lipinski definition) is 3. The van der Waals surface area contributed by atoms with Gasteiger partial charge in [0.05, 0.1) is 0 Å². The molecule has 0 aromatic heterocycles. The normalized spacial score (nSPS) is 21.7. The van der Waals surface area contributed by atoms with Gasteiger partial charge in [0.1, 0.15) is 5.78 Å². The van der Waals surface area contributed by atoms with E-state index in [4.69, 9.17) is 0 Å². The molecule has 0 aromatic rings. The van der Waals surface area contributed by atoms with Crippen LogP contribution in [0.15, 0.2) is 0 Å². The molecule has 5 nitrogen and oxygen atoms in total. The first-order valence-corrected chi connectivity index (χ1v) is 6.93. The summed E-state index contributed by atoms with van der Waals surface area (Å²) in [5.41, 5.74) is 0.0260. The van der Waals surface area contributed by atoms with E-state index >= 15 is 0 Å². The number of nitrogens with one attached hydrogen (secondary N) is 3. The van der Waals surface area contributed by atoms with E-state index in [1.807, 2.05) is 0 Å². The Hall–Kier alpha value is -1.10. The highest BCUT2D eigenvalue weighted by Crippen LogP contribution is 2.28. The van der Waals surface area contributed by atoms with Crippen molar-refractivity contribution < 1.29 is 9.59 Å². The molecular weight excluding hydrogens is 242 g/mol. The molecule has 3 N–H and O–H groups in total. The zero-order valence-corrected chi connectivity index (χ0v) is 12.7. The van der Waals surface area contributed by atoms with Crippen LogP contribution < -0.4 is 16.0 Å². The molecule has 0 saturated carbocycles. The van der Waals surface area contributed by atoms with Crippen molar-refractivity contribution in [2.45, 2.75) is 71.0 Å². The fourth-order valence-electron chi connectivity index (χ4n) is 3.01. The van der Waals surface area contributed by atoms with Crippen molar-refractivity contribution in [2.75, 3.05) is 6.54 Å². The number of piperidine rings is 1. The lowest BCUT2D eigenvalue weighted by Gasteiger charge is -2.46. The largest absolute Gasteiger partial charge is 0.338 e. The average molecular weight is 269 g/mol. The number of carbonyl (C=O) groups is 2. The van der Waals surface area contributed by atoms with Crippen molar-refractivity contribution in [1.29, 1.82) is 0 Å². The first-order valence-electron chi connectivity index (χ1n) is 6.93. The van der Waals surface area contributed by atoms with E-state index in [2.05, 4.69) is 43.6 Å². The van der Waals surface area contributed by atoms with Crippen LogP contribution in [-0.2, 0) is 4.79 Å². The van der Waals surface area contributed by atoms with Crippen molar-refractivity contribution in [1.82, 2.24) is 16.0 Å². The maximum Gasteiger partial charge on any atom is 0.315 e. The van der Waals surface area contributed by atoms with E-state index in [0.717, 1.165) is 12.8 Å². The van der Waals surface area contributed by atoms with Gasteiger partial charge >= 0.3 is 6.03 Å². The Balaban J connectivity index is 2.43. The van der Waals surface area contributed by atoms with Gasteiger partial charge in [0.2, 0.25) is 0 Å². The average Bonchev–Trinajstić information content (AvgIpc) is 2.10. The molecule has 1 saturated heterocycles. The molecule has 0 radical (unpaired) electrons. The standard InChI is InChI=1S/C14H27N3O2/c1-10(18)6-7-15-12(19)16-11-8-13(2,3)17-14(4,5)9-11/h11,17H,6-9H2,1-5H3,(H2,15,16,19). The Morgan fingerprint density at radius 3 is 2.16 bits per heavy atom. The molecule has 0 aliphatic carbocycles. The highest BCUT2D eigenvalue weighted by molar-refractivity contribution is 5.78. The van der Waals surface area contributed by atoms with Gasteiger partial charge in [-0.2, -0.15) is 0 Å². The minimum atomic E-state index is -0.181. The van der Waals surface area contributed by atoms with Crippen LogP contribution in [0.2, 0.25) is 0 Å². The molecule has 5 heteroatoms. The lowest BCUT2D eigenvalue weighted by Crippen LogP contribution is -2.62. The Morgan fingerprint density at radius 2 is 1.68 bits per heavy atom. The van der Waals surface area contributed by atoms with Gasteiger partial charge in [-0.05, 0) is 47.5 Å². The number of ketones is 1. The van der Waals surface area contributed by atoms with Crippen LogP contribution in [0.5, 0.6) is 0 Å². The fraction of sp³-hybridized carbons (Fsp3) is 0.857. The van der Waals surface area contributed by atoms with Crippen LogP contribution in [0.4, 0.5) is 4.79 Å². The maximum absolute atomic E-state index is 11.8. The van der Waals surface area contributed by atoms with E-state index in [1.165, 1.54) is 6.92 Å². The summed E-state index contributed by atoms with van der Waals surface area (Å²) in [5, 5.41) is 9.30. The van der Waals surface area contributed by atoms with Crippen molar-refractivity contribution >= 4 is 11.8 Å². The minimum Gasteiger partial charge on any atom is -0.338 e. The second kappa shape index (κ2) is 5.90. The Kier molecular flexibility index (Phi) is 4.96. The van der Waals surface area contributed by atoms with Gasteiger partial charge in [-0.3, -0.25) is 4.79 Å². The summed E-state index contributed by atoms with van der Waals surface area (Å²) in [6.07, 6.45) is 2.18. The number of rotatable bonds is 4. The van der Waals surface area contributed by atoms with Crippen molar-refractivity contribution in [2.24, 2.45) is 0 Å². The van der Waals surface area contributed by atoms with Crippen molar-refractivity contribution in [3.8, 4) is 0 Å². The monoisotopic (exact) mass is 269 g/mol. The van der Waals surface area contributed by atoms with Crippen LogP contribution in [0.25, 0.3) is 0 Å². The number of Topliss-reactive ketones (excluding diaryl/α,β-unsaturated/α-hetero) is 1. The summed E-state index contributed by atoms with van der Waals surface area (Å²) in [4.78, 5) is 22.6. The molecule has 1 fully saturated rings. The smallest absolute Gasteiger partial charge is 0.315 e.